The number of carbonyl (C=O) groups excluding carboxylic acids is 4. The Morgan fingerprint density at radius 2 is 1.83 bits per heavy atom. The fraction of sp³-hybridized carbons (Fsp3) is 0.524. The van der Waals surface area contributed by atoms with E-state index in [2.05, 4.69) is 10.6 Å². The molecule has 1 unspecified atom stereocenters. The molecule has 2 aliphatic heterocycles. The van der Waals surface area contributed by atoms with Crippen LogP contribution < -0.4 is 21.1 Å². The van der Waals surface area contributed by atoms with E-state index in [1.165, 1.54) is 0 Å². The third-order valence-corrected chi connectivity index (χ3v) is 4.90. The fourth-order valence-corrected chi connectivity index (χ4v) is 3.17. The van der Waals surface area contributed by atoms with E-state index in [-0.39, 0.29) is 18.2 Å². The molecule has 3 amide bonds. The second-order valence-electron chi connectivity index (χ2n) is 7.62. The molecule has 158 valence electrons. The fourth-order valence-electron chi connectivity index (χ4n) is 3.17. The van der Waals surface area contributed by atoms with Crippen molar-refractivity contribution < 1.29 is 23.9 Å². The molecule has 0 saturated heterocycles. The summed E-state index contributed by atoms with van der Waals surface area (Å²) in [5, 5.41) is 5.44. The van der Waals surface area contributed by atoms with Crippen molar-refractivity contribution in [3.63, 3.8) is 0 Å². The second-order valence-corrected chi connectivity index (χ2v) is 7.62. The highest BCUT2D eigenvalue weighted by atomic mass is 16.5. The summed E-state index contributed by atoms with van der Waals surface area (Å²) in [5.74, 6) is -0.860. The van der Waals surface area contributed by atoms with Crippen LogP contribution in [0.2, 0.25) is 0 Å². The quantitative estimate of drug-likeness (QED) is 0.645. The first kappa shape index (κ1) is 22.4. The van der Waals surface area contributed by atoms with Crippen molar-refractivity contribution in [2.24, 2.45) is 11.7 Å². The van der Waals surface area contributed by atoms with E-state index in [1.54, 1.807) is 12.1 Å². The standard InChI is InChI=1S/C21H29N3O5/c1-13(2)19-21(28)23-15(12-25)4-3-5-17(20(22)27)29-16-9-6-14(7-10-16)8-11-18(26)24-19/h6-7,9-10,12-13,15,17,19H,3-5,8,11H2,1-2H3,(H2,22,27)(H,23,28)(H,24,26)/t15-,17?,19-/m0/s1. The van der Waals surface area contributed by atoms with Gasteiger partial charge in [-0.2, -0.15) is 0 Å². The largest absolute Gasteiger partial charge is 0.481 e. The van der Waals surface area contributed by atoms with Crippen LogP contribution in [-0.4, -0.2) is 42.2 Å². The number of nitrogens with two attached hydrogens (primary N) is 1. The summed E-state index contributed by atoms with van der Waals surface area (Å²) in [6.07, 6.45) is 1.65. The van der Waals surface area contributed by atoms with Crippen molar-refractivity contribution >= 4 is 24.0 Å². The van der Waals surface area contributed by atoms with Gasteiger partial charge in [0.2, 0.25) is 11.8 Å². The Balaban J connectivity index is 2.22. The average Bonchev–Trinajstić information content (AvgIpc) is 2.68. The number of fused-ring (bicyclic) bond motifs is 14. The molecule has 8 nitrogen and oxygen atoms in total. The molecule has 2 bridgehead atoms. The number of carbonyl (C=O) groups is 4. The zero-order chi connectivity index (χ0) is 21.4. The molecular weight excluding hydrogens is 374 g/mol. The maximum Gasteiger partial charge on any atom is 0.258 e. The molecule has 0 fully saturated rings. The minimum atomic E-state index is -0.828. The summed E-state index contributed by atoms with van der Waals surface area (Å²) in [4.78, 5) is 48.1. The van der Waals surface area contributed by atoms with Crippen molar-refractivity contribution in [1.29, 1.82) is 0 Å². The Bertz CT molecular complexity index is 732. The van der Waals surface area contributed by atoms with Gasteiger partial charge in [-0.1, -0.05) is 26.0 Å². The van der Waals surface area contributed by atoms with E-state index in [1.807, 2.05) is 26.0 Å². The smallest absolute Gasteiger partial charge is 0.258 e. The number of rotatable bonds is 3. The van der Waals surface area contributed by atoms with Crippen molar-refractivity contribution in [1.82, 2.24) is 10.6 Å². The first-order chi connectivity index (χ1) is 13.8. The minimum Gasteiger partial charge on any atom is -0.481 e. The van der Waals surface area contributed by atoms with Crippen molar-refractivity contribution in [2.75, 3.05) is 0 Å². The summed E-state index contributed by atoms with van der Waals surface area (Å²) >= 11 is 0. The third kappa shape index (κ3) is 6.89. The Morgan fingerprint density at radius 3 is 2.41 bits per heavy atom. The Labute approximate surface area is 170 Å². The average molecular weight is 403 g/mol. The number of primary amides is 1. The number of aldehydes is 1. The van der Waals surface area contributed by atoms with Crippen LogP contribution in [0.5, 0.6) is 5.75 Å². The number of hydrogen-bond acceptors (Lipinski definition) is 5. The lowest BCUT2D eigenvalue weighted by Gasteiger charge is -2.24. The van der Waals surface area contributed by atoms with Crippen LogP contribution in [-0.2, 0) is 25.6 Å². The molecule has 4 N–H and O–H groups in total. The number of ether oxygens (including phenoxy) is 1. The molecule has 2 aliphatic rings. The van der Waals surface area contributed by atoms with E-state index in [4.69, 9.17) is 10.5 Å². The molecule has 29 heavy (non-hydrogen) atoms. The summed E-state index contributed by atoms with van der Waals surface area (Å²) in [6.45, 7) is 3.66. The summed E-state index contributed by atoms with van der Waals surface area (Å²) in [5.41, 5.74) is 6.37. The van der Waals surface area contributed by atoms with Gasteiger partial charge in [-0.25, -0.2) is 0 Å². The highest BCUT2D eigenvalue weighted by molar-refractivity contribution is 5.89. The minimum absolute atomic E-state index is 0.139. The van der Waals surface area contributed by atoms with Crippen LogP contribution >= 0.6 is 0 Å². The topological polar surface area (TPSA) is 128 Å². The van der Waals surface area contributed by atoms with Crippen molar-refractivity contribution in [3.05, 3.63) is 29.8 Å². The molecule has 3 atom stereocenters. The molecule has 3 rings (SSSR count). The number of hydrogen-bond donors (Lipinski definition) is 3. The second kappa shape index (κ2) is 10.6. The Morgan fingerprint density at radius 1 is 1.14 bits per heavy atom. The van der Waals surface area contributed by atoms with E-state index in [9.17, 15) is 19.2 Å². The third-order valence-electron chi connectivity index (χ3n) is 4.90. The zero-order valence-corrected chi connectivity index (χ0v) is 16.9. The predicted octanol–water partition coefficient (Wildman–Crippen LogP) is 0.860. The molecule has 0 saturated carbocycles. The number of amides is 3. The van der Waals surface area contributed by atoms with Crippen LogP contribution in [0.25, 0.3) is 0 Å². The first-order valence-corrected chi connectivity index (χ1v) is 9.90. The SMILES string of the molecule is CC(C)[C@@H]1NC(=O)CCc2ccc(cc2)OC(C(N)=O)CCC[C@@H](C=O)NC1=O. The van der Waals surface area contributed by atoms with Crippen molar-refractivity contribution in [3.8, 4) is 5.75 Å². The molecule has 0 aromatic heterocycles. The van der Waals surface area contributed by atoms with E-state index < -0.39 is 30.0 Å². The lowest BCUT2D eigenvalue weighted by Crippen LogP contribution is -2.52. The maximum absolute atomic E-state index is 12.6. The molecule has 0 spiro atoms. The molecule has 0 radical (unpaired) electrons. The summed E-state index contributed by atoms with van der Waals surface area (Å²) in [6, 6.07) is 5.67. The van der Waals surface area contributed by atoms with Crippen molar-refractivity contribution in [2.45, 2.75) is 64.1 Å². The number of benzene rings is 1. The Kier molecular flexibility index (Phi) is 8.18. The maximum atomic E-state index is 12.6. The number of nitrogens with one attached hydrogen (secondary N) is 2. The summed E-state index contributed by atoms with van der Waals surface area (Å²) < 4.78 is 5.68. The molecule has 1 aromatic rings. The van der Waals surface area contributed by atoms with Gasteiger partial charge in [-0.3, -0.25) is 14.4 Å². The van der Waals surface area contributed by atoms with Gasteiger partial charge in [-0.05, 0) is 49.3 Å². The lowest BCUT2D eigenvalue weighted by atomic mass is 10.0. The first-order valence-electron chi connectivity index (χ1n) is 9.90. The normalized spacial score (nSPS) is 24.2. The van der Waals surface area contributed by atoms with Crippen LogP contribution in [0.3, 0.4) is 0 Å². The van der Waals surface area contributed by atoms with Gasteiger partial charge in [0.25, 0.3) is 5.91 Å². The van der Waals surface area contributed by atoms with Crippen LogP contribution in [0.15, 0.2) is 24.3 Å². The highest BCUT2D eigenvalue weighted by Gasteiger charge is 2.26. The van der Waals surface area contributed by atoms with Gasteiger partial charge in [0.15, 0.2) is 6.10 Å². The summed E-state index contributed by atoms with van der Waals surface area (Å²) in [7, 11) is 0. The van der Waals surface area contributed by atoms with E-state index in [0.29, 0.717) is 37.7 Å². The van der Waals surface area contributed by atoms with E-state index in [0.717, 1.165) is 5.56 Å². The van der Waals surface area contributed by atoms with E-state index >= 15 is 0 Å². The van der Waals surface area contributed by atoms with Gasteiger partial charge in [-0.15, -0.1) is 0 Å². The van der Waals surface area contributed by atoms with Gasteiger partial charge in [0.05, 0.1) is 6.04 Å². The van der Waals surface area contributed by atoms with Crippen LogP contribution in [0.4, 0.5) is 0 Å². The number of aryl methyl sites for hydroxylation is 1. The van der Waals surface area contributed by atoms with Gasteiger partial charge in [0.1, 0.15) is 18.1 Å². The van der Waals surface area contributed by atoms with Crippen LogP contribution in [0, 0.1) is 5.92 Å². The Hall–Kier alpha value is -2.90. The highest BCUT2D eigenvalue weighted by Crippen LogP contribution is 2.18. The van der Waals surface area contributed by atoms with Gasteiger partial charge in [0, 0.05) is 6.42 Å². The molecule has 0 aliphatic carbocycles. The monoisotopic (exact) mass is 403 g/mol. The molecule has 8 heteroatoms. The lowest BCUT2D eigenvalue weighted by molar-refractivity contribution is -0.131. The zero-order valence-electron chi connectivity index (χ0n) is 16.9. The van der Waals surface area contributed by atoms with Crippen LogP contribution in [0.1, 0.15) is 45.1 Å². The van der Waals surface area contributed by atoms with Gasteiger partial charge >= 0.3 is 0 Å². The predicted molar refractivity (Wildman–Crippen MR) is 107 cm³/mol. The molecule has 1 aromatic carbocycles. The van der Waals surface area contributed by atoms with Gasteiger partial charge < -0.3 is 25.9 Å². The molecule has 2 heterocycles. The molecular formula is C21H29N3O5.